The lowest BCUT2D eigenvalue weighted by Gasteiger charge is -2.05. The Morgan fingerprint density at radius 2 is 2.50 bits per heavy atom. The summed E-state index contributed by atoms with van der Waals surface area (Å²) < 4.78 is 4.75. The van der Waals surface area contributed by atoms with Crippen molar-refractivity contribution in [3.63, 3.8) is 0 Å². The molecule has 4 nitrogen and oxygen atoms in total. The molecule has 1 aliphatic rings. The van der Waals surface area contributed by atoms with E-state index in [1.807, 2.05) is 0 Å². The van der Waals surface area contributed by atoms with Crippen LogP contribution >= 0.6 is 0 Å². The third kappa shape index (κ3) is 1.90. The van der Waals surface area contributed by atoms with E-state index < -0.39 is 5.97 Å². The first-order valence-electron chi connectivity index (χ1n) is 4.15. The maximum atomic E-state index is 11.1. The first kappa shape index (κ1) is 8.90. The Labute approximate surface area is 71.8 Å². The van der Waals surface area contributed by atoms with E-state index in [1.165, 1.54) is 0 Å². The van der Waals surface area contributed by atoms with E-state index in [1.54, 1.807) is 6.92 Å². The predicted molar refractivity (Wildman–Crippen MR) is 45.1 cm³/mol. The SMILES string of the molecule is CCOC(=O)/C(N)=C1/CCCN1. The van der Waals surface area contributed by atoms with Crippen LogP contribution in [0.15, 0.2) is 11.4 Å². The molecule has 0 aromatic rings. The van der Waals surface area contributed by atoms with Crippen LogP contribution in [0.25, 0.3) is 0 Å². The third-order valence-corrected chi connectivity index (χ3v) is 1.76. The summed E-state index contributed by atoms with van der Waals surface area (Å²) in [5, 5.41) is 3.05. The van der Waals surface area contributed by atoms with E-state index in [9.17, 15) is 4.79 Å². The number of hydrogen-bond acceptors (Lipinski definition) is 4. The average molecular weight is 170 g/mol. The number of carbonyl (C=O) groups excluding carboxylic acids is 1. The maximum Gasteiger partial charge on any atom is 0.355 e. The summed E-state index contributed by atoms with van der Waals surface area (Å²) in [6.07, 6.45) is 1.89. The average Bonchev–Trinajstić information content (AvgIpc) is 2.55. The van der Waals surface area contributed by atoms with E-state index in [0.717, 1.165) is 25.1 Å². The van der Waals surface area contributed by atoms with Crippen LogP contribution in [0.2, 0.25) is 0 Å². The molecule has 0 spiro atoms. The summed E-state index contributed by atoms with van der Waals surface area (Å²) >= 11 is 0. The van der Waals surface area contributed by atoms with Gasteiger partial charge in [-0.1, -0.05) is 0 Å². The van der Waals surface area contributed by atoms with Crippen molar-refractivity contribution in [3.8, 4) is 0 Å². The maximum absolute atomic E-state index is 11.1. The molecule has 12 heavy (non-hydrogen) atoms. The van der Waals surface area contributed by atoms with Crippen molar-refractivity contribution >= 4 is 5.97 Å². The van der Waals surface area contributed by atoms with Crippen LogP contribution in [0.1, 0.15) is 19.8 Å². The van der Waals surface area contributed by atoms with Crippen LogP contribution in [-0.4, -0.2) is 19.1 Å². The lowest BCUT2D eigenvalue weighted by Crippen LogP contribution is -2.21. The monoisotopic (exact) mass is 170 g/mol. The zero-order chi connectivity index (χ0) is 8.97. The molecule has 1 heterocycles. The summed E-state index contributed by atoms with van der Waals surface area (Å²) in [6, 6.07) is 0. The van der Waals surface area contributed by atoms with Gasteiger partial charge in [-0.15, -0.1) is 0 Å². The van der Waals surface area contributed by atoms with Crippen LogP contribution in [0, 0.1) is 0 Å². The fraction of sp³-hybridized carbons (Fsp3) is 0.625. The molecule has 0 radical (unpaired) electrons. The second-order valence-electron chi connectivity index (χ2n) is 2.64. The lowest BCUT2D eigenvalue weighted by atomic mass is 10.2. The summed E-state index contributed by atoms with van der Waals surface area (Å²) in [5.41, 5.74) is 6.61. The van der Waals surface area contributed by atoms with E-state index in [0.29, 0.717) is 6.61 Å². The van der Waals surface area contributed by atoms with Crippen LogP contribution in [0.3, 0.4) is 0 Å². The minimum Gasteiger partial charge on any atom is -0.461 e. The Bertz CT molecular complexity index is 203. The molecule has 3 N–H and O–H groups in total. The zero-order valence-corrected chi connectivity index (χ0v) is 7.22. The summed E-state index contributed by atoms with van der Waals surface area (Å²) in [5.74, 6) is -0.415. The zero-order valence-electron chi connectivity index (χ0n) is 7.22. The quantitative estimate of drug-likeness (QED) is 0.456. The molecular weight excluding hydrogens is 156 g/mol. The molecule has 4 heteroatoms. The summed E-state index contributed by atoms with van der Waals surface area (Å²) in [6.45, 7) is 3.03. The third-order valence-electron chi connectivity index (χ3n) is 1.76. The standard InChI is InChI=1S/C8H14N2O2/c1-2-12-8(11)7(9)6-4-3-5-10-6/h10H,2-5,9H2,1H3/b7-6+. The molecule has 0 bridgehead atoms. The van der Waals surface area contributed by atoms with Gasteiger partial charge in [0.2, 0.25) is 0 Å². The Balaban J connectivity index is 2.60. The van der Waals surface area contributed by atoms with Crippen molar-refractivity contribution in [2.45, 2.75) is 19.8 Å². The Hall–Kier alpha value is -1.19. The highest BCUT2D eigenvalue weighted by Gasteiger charge is 2.15. The van der Waals surface area contributed by atoms with Gasteiger partial charge in [-0.05, 0) is 19.8 Å². The van der Waals surface area contributed by atoms with Crippen molar-refractivity contribution in [1.29, 1.82) is 0 Å². The fourth-order valence-electron chi connectivity index (χ4n) is 1.15. The van der Waals surface area contributed by atoms with Crippen molar-refractivity contribution in [1.82, 2.24) is 5.32 Å². The molecule has 1 rings (SSSR count). The number of allylic oxidation sites excluding steroid dienone is 1. The highest BCUT2D eigenvalue weighted by atomic mass is 16.5. The molecule has 0 saturated carbocycles. The minimum atomic E-state index is -0.415. The second-order valence-corrected chi connectivity index (χ2v) is 2.64. The molecule has 0 unspecified atom stereocenters. The van der Waals surface area contributed by atoms with Gasteiger partial charge in [-0.25, -0.2) is 4.79 Å². The molecule has 68 valence electrons. The van der Waals surface area contributed by atoms with Crippen LogP contribution in [-0.2, 0) is 9.53 Å². The predicted octanol–water partition coefficient (Wildman–Crippen LogP) is 0.103. The largest absolute Gasteiger partial charge is 0.461 e. The minimum absolute atomic E-state index is 0.231. The van der Waals surface area contributed by atoms with Gasteiger partial charge in [0.1, 0.15) is 5.70 Å². The van der Waals surface area contributed by atoms with E-state index in [-0.39, 0.29) is 5.70 Å². The second kappa shape index (κ2) is 3.99. The van der Waals surface area contributed by atoms with Crippen LogP contribution in [0.4, 0.5) is 0 Å². The smallest absolute Gasteiger partial charge is 0.355 e. The summed E-state index contributed by atoms with van der Waals surface area (Å²) in [4.78, 5) is 11.1. The molecule has 0 aromatic heterocycles. The number of rotatable bonds is 2. The van der Waals surface area contributed by atoms with Crippen molar-refractivity contribution in [2.24, 2.45) is 5.73 Å². The number of carbonyl (C=O) groups is 1. The van der Waals surface area contributed by atoms with Gasteiger partial charge in [0.15, 0.2) is 0 Å². The lowest BCUT2D eigenvalue weighted by molar-refractivity contribution is -0.138. The van der Waals surface area contributed by atoms with Gasteiger partial charge in [0.25, 0.3) is 0 Å². The Morgan fingerprint density at radius 1 is 1.75 bits per heavy atom. The van der Waals surface area contributed by atoms with Crippen molar-refractivity contribution in [3.05, 3.63) is 11.4 Å². The van der Waals surface area contributed by atoms with Crippen LogP contribution < -0.4 is 11.1 Å². The van der Waals surface area contributed by atoms with Gasteiger partial charge in [0, 0.05) is 12.2 Å². The number of esters is 1. The molecule has 0 aromatic carbocycles. The van der Waals surface area contributed by atoms with Crippen LogP contribution in [0.5, 0.6) is 0 Å². The van der Waals surface area contributed by atoms with Crippen molar-refractivity contribution in [2.75, 3.05) is 13.2 Å². The normalized spacial score (nSPS) is 20.1. The van der Waals surface area contributed by atoms with E-state index in [4.69, 9.17) is 10.5 Å². The highest BCUT2D eigenvalue weighted by Crippen LogP contribution is 2.11. The van der Waals surface area contributed by atoms with Gasteiger partial charge >= 0.3 is 5.97 Å². The Morgan fingerprint density at radius 3 is 3.00 bits per heavy atom. The first-order valence-corrected chi connectivity index (χ1v) is 4.15. The molecule has 1 aliphatic heterocycles. The van der Waals surface area contributed by atoms with Gasteiger partial charge in [-0.3, -0.25) is 0 Å². The van der Waals surface area contributed by atoms with Gasteiger partial charge < -0.3 is 15.8 Å². The van der Waals surface area contributed by atoms with Gasteiger partial charge in [-0.2, -0.15) is 0 Å². The molecule has 1 saturated heterocycles. The number of hydrogen-bond donors (Lipinski definition) is 2. The number of nitrogens with two attached hydrogens (primary N) is 1. The Kier molecular flexibility index (Phi) is 2.96. The summed E-state index contributed by atoms with van der Waals surface area (Å²) in [7, 11) is 0. The first-order chi connectivity index (χ1) is 5.75. The fourth-order valence-corrected chi connectivity index (χ4v) is 1.15. The number of nitrogens with one attached hydrogen (secondary N) is 1. The molecule has 1 fully saturated rings. The van der Waals surface area contributed by atoms with E-state index >= 15 is 0 Å². The molecule has 0 aliphatic carbocycles. The molecular formula is C8H14N2O2. The topological polar surface area (TPSA) is 64.3 Å². The van der Waals surface area contributed by atoms with Crippen molar-refractivity contribution < 1.29 is 9.53 Å². The molecule has 0 amide bonds. The highest BCUT2D eigenvalue weighted by molar-refractivity contribution is 5.88. The van der Waals surface area contributed by atoms with Gasteiger partial charge in [0.05, 0.1) is 6.61 Å². The molecule has 0 atom stereocenters. The van der Waals surface area contributed by atoms with E-state index in [2.05, 4.69) is 5.32 Å². The number of ether oxygens (including phenoxy) is 1.